The van der Waals surface area contributed by atoms with E-state index in [0.29, 0.717) is 0 Å². The monoisotopic (exact) mass is 284 g/mol. The largest absolute Gasteiger partial charge is 0.355 e. The van der Waals surface area contributed by atoms with Crippen LogP contribution in [-0.4, -0.2) is 22.0 Å². The van der Waals surface area contributed by atoms with Crippen LogP contribution < -0.4 is 4.90 Å². The number of fused-ring (bicyclic) bond motifs is 1. The molecule has 3 aromatic heterocycles. The van der Waals surface area contributed by atoms with Gasteiger partial charge < -0.3 is 4.90 Å². The fourth-order valence-corrected chi connectivity index (χ4v) is 3.14. The van der Waals surface area contributed by atoms with Crippen LogP contribution in [0.4, 0.5) is 5.82 Å². The molecule has 20 heavy (non-hydrogen) atoms. The minimum absolute atomic E-state index is 0.811. The zero-order valence-corrected chi connectivity index (χ0v) is 12.4. The fraction of sp³-hybridized carbons (Fsp3) is 0.267. The van der Waals surface area contributed by atoms with E-state index in [9.17, 15) is 0 Å². The molecule has 3 heterocycles. The van der Waals surface area contributed by atoms with Crippen molar-refractivity contribution in [2.24, 2.45) is 0 Å². The van der Waals surface area contributed by atoms with Crippen LogP contribution in [0.2, 0.25) is 0 Å². The van der Waals surface area contributed by atoms with Gasteiger partial charge in [-0.2, -0.15) is 0 Å². The van der Waals surface area contributed by atoms with Crippen molar-refractivity contribution in [1.29, 1.82) is 0 Å². The molecule has 3 rings (SSSR count). The molecular weight excluding hydrogens is 268 g/mol. The predicted octanol–water partition coefficient (Wildman–Crippen LogP) is 3.29. The first-order chi connectivity index (χ1) is 9.78. The van der Waals surface area contributed by atoms with E-state index in [1.165, 1.54) is 10.4 Å². The summed E-state index contributed by atoms with van der Waals surface area (Å²) in [5.74, 6) is 0.989. The van der Waals surface area contributed by atoms with Crippen LogP contribution in [0.3, 0.4) is 0 Å². The summed E-state index contributed by atoms with van der Waals surface area (Å²) >= 11 is 1.75. The maximum Gasteiger partial charge on any atom is 0.140 e. The van der Waals surface area contributed by atoms with Crippen LogP contribution in [0.1, 0.15) is 17.4 Å². The zero-order valence-electron chi connectivity index (χ0n) is 11.6. The van der Waals surface area contributed by atoms with E-state index >= 15 is 0 Å². The van der Waals surface area contributed by atoms with E-state index in [0.717, 1.165) is 29.0 Å². The number of hydrogen-bond acceptors (Lipinski definition) is 5. The Labute approximate surface area is 122 Å². The van der Waals surface area contributed by atoms with E-state index < -0.39 is 0 Å². The van der Waals surface area contributed by atoms with E-state index in [1.54, 1.807) is 17.7 Å². The molecule has 0 aliphatic heterocycles. The Morgan fingerprint density at radius 2 is 2.00 bits per heavy atom. The van der Waals surface area contributed by atoms with Gasteiger partial charge in [0.25, 0.3) is 0 Å². The van der Waals surface area contributed by atoms with Gasteiger partial charge in [-0.15, -0.1) is 11.3 Å². The summed E-state index contributed by atoms with van der Waals surface area (Å²) < 4.78 is 0. The second-order valence-corrected chi connectivity index (χ2v) is 5.81. The summed E-state index contributed by atoms with van der Waals surface area (Å²) in [7, 11) is 2.06. The third-order valence-electron chi connectivity index (χ3n) is 3.24. The van der Waals surface area contributed by atoms with Crippen LogP contribution in [0.15, 0.2) is 36.9 Å². The van der Waals surface area contributed by atoms with Gasteiger partial charge in [0.05, 0.1) is 5.39 Å². The summed E-state index contributed by atoms with van der Waals surface area (Å²) in [4.78, 5) is 17.4. The Hall–Kier alpha value is -2.01. The van der Waals surface area contributed by atoms with Gasteiger partial charge in [-0.25, -0.2) is 9.97 Å². The minimum Gasteiger partial charge on any atom is -0.355 e. The summed E-state index contributed by atoms with van der Waals surface area (Å²) in [5.41, 5.74) is 1.22. The molecule has 0 fully saturated rings. The van der Waals surface area contributed by atoms with Gasteiger partial charge in [-0.05, 0) is 30.2 Å². The molecule has 0 N–H and O–H groups in total. The van der Waals surface area contributed by atoms with Crippen molar-refractivity contribution in [2.75, 3.05) is 11.9 Å². The van der Waals surface area contributed by atoms with E-state index in [2.05, 4.69) is 39.9 Å². The first-order valence-electron chi connectivity index (χ1n) is 6.61. The molecule has 3 aromatic rings. The molecule has 0 aliphatic rings. The van der Waals surface area contributed by atoms with Crippen molar-refractivity contribution < 1.29 is 0 Å². The summed E-state index contributed by atoms with van der Waals surface area (Å²) in [6, 6.07) is 6.26. The predicted molar refractivity (Wildman–Crippen MR) is 83.1 cm³/mol. The highest BCUT2D eigenvalue weighted by Crippen LogP contribution is 2.30. The smallest absolute Gasteiger partial charge is 0.140 e. The van der Waals surface area contributed by atoms with Crippen LogP contribution in [0, 0.1) is 0 Å². The standard InChI is InChI=1S/C15H16N4S/c1-3-12-8-13-14(17-10-18-15(13)20-12)19(2)9-11-4-6-16-7-5-11/h4-8,10H,3,9H2,1-2H3. The molecule has 0 radical (unpaired) electrons. The van der Waals surface area contributed by atoms with Gasteiger partial charge >= 0.3 is 0 Å². The maximum absolute atomic E-state index is 4.46. The number of aryl methyl sites for hydroxylation is 1. The minimum atomic E-state index is 0.811. The first-order valence-corrected chi connectivity index (χ1v) is 7.43. The van der Waals surface area contributed by atoms with Crippen molar-refractivity contribution in [3.8, 4) is 0 Å². The lowest BCUT2D eigenvalue weighted by molar-refractivity contribution is 0.898. The van der Waals surface area contributed by atoms with Crippen molar-refractivity contribution in [1.82, 2.24) is 15.0 Å². The summed E-state index contributed by atoms with van der Waals surface area (Å²) in [5, 5.41) is 1.14. The molecule has 0 aromatic carbocycles. The van der Waals surface area contributed by atoms with Crippen molar-refractivity contribution in [3.05, 3.63) is 47.4 Å². The number of pyridine rings is 1. The number of hydrogen-bond donors (Lipinski definition) is 0. The SMILES string of the molecule is CCc1cc2c(N(C)Cc3ccncc3)ncnc2s1. The normalized spacial score (nSPS) is 10.9. The first kappa shape index (κ1) is 13.0. The number of nitrogens with zero attached hydrogens (tertiary/aromatic N) is 4. The van der Waals surface area contributed by atoms with Crippen LogP contribution in [0.5, 0.6) is 0 Å². The topological polar surface area (TPSA) is 41.9 Å². The molecule has 102 valence electrons. The summed E-state index contributed by atoms with van der Waals surface area (Å²) in [6.45, 7) is 2.98. The lowest BCUT2D eigenvalue weighted by atomic mass is 10.2. The molecule has 0 bridgehead atoms. The Morgan fingerprint density at radius 3 is 2.75 bits per heavy atom. The fourth-order valence-electron chi connectivity index (χ4n) is 2.21. The zero-order chi connectivity index (χ0) is 13.9. The molecule has 5 heteroatoms. The number of aromatic nitrogens is 3. The van der Waals surface area contributed by atoms with E-state index in [-0.39, 0.29) is 0 Å². The Morgan fingerprint density at radius 1 is 1.20 bits per heavy atom. The third kappa shape index (κ3) is 2.49. The van der Waals surface area contributed by atoms with Gasteiger partial charge in [-0.1, -0.05) is 6.92 Å². The summed E-state index contributed by atoms with van der Waals surface area (Å²) in [6.07, 6.45) is 6.32. The molecule has 4 nitrogen and oxygen atoms in total. The Bertz CT molecular complexity index is 708. The van der Waals surface area contributed by atoms with E-state index in [4.69, 9.17) is 0 Å². The molecule has 0 atom stereocenters. The lowest BCUT2D eigenvalue weighted by Gasteiger charge is -2.18. The molecule has 0 unspecified atom stereocenters. The van der Waals surface area contributed by atoms with Gasteiger partial charge in [0.1, 0.15) is 17.0 Å². The Kier molecular flexibility index (Phi) is 3.60. The average Bonchev–Trinajstić information content (AvgIpc) is 2.91. The van der Waals surface area contributed by atoms with Gasteiger partial charge in [0.15, 0.2) is 0 Å². The number of rotatable bonds is 4. The highest BCUT2D eigenvalue weighted by Gasteiger charge is 2.11. The van der Waals surface area contributed by atoms with E-state index in [1.807, 2.05) is 24.5 Å². The van der Waals surface area contributed by atoms with Crippen molar-refractivity contribution in [2.45, 2.75) is 19.9 Å². The molecular formula is C15H16N4S. The van der Waals surface area contributed by atoms with Crippen LogP contribution in [-0.2, 0) is 13.0 Å². The maximum atomic E-state index is 4.46. The highest BCUT2D eigenvalue weighted by molar-refractivity contribution is 7.18. The van der Waals surface area contributed by atoms with Crippen LogP contribution >= 0.6 is 11.3 Å². The van der Waals surface area contributed by atoms with Gasteiger partial charge in [-0.3, -0.25) is 4.98 Å². The highest BCUT2D eigenvalue weighted by atomic mass is 32.1. The van der Waals surface area contributed by atoms with Crippen molar-refractivity contribution in [3.63, 3.8) is 0 Å². The second kappa shape index (κ2) is 5.54. The van der Waals surface area contributed by atoms with Crippen LogP contribution in [0.25, 0.3) is 10.2 Å². The Balaban J connectivity index is 1.94. The molecule has 0 spiro atoms. The molecule has 0 amide bonds. The quantitative estimate of drug-likeness (QED) is 0.737. The lowest BCUT2D eigenvalue weighted by Crippen LogP contribution is -2.17. The molecule has 0 saturated carbocycles. The molecule has 0 aliphatic carbocycles. The average molecular weight is 284 g/mol. The third-order valence-corrected chi connectivity index (χ3v) is 4.43. The second-order valence-electron chi connectivity index (χ2n) is 4.69. The number of anilines is 1. The van der Waals surface area contributed by atoms with Gasteiger partial charge in [0, 0.05) is 30.9 Å². The van der Waals surface area contributed by atoms with Gasteiger partial charge in [0.2, 0.25) is 0 Å². The van der Waals surface area contributed by atoms with Crippen molar-refractivity contribution >= 4 is 27.4 Å². The molecule has 0 saturated heterocycles. The number of thiophene rings is 1.